The maximum atomic E-state index is 13.4. The van der Waals surface area contributed by atoms with E-state index in [4.69, 9.17) is 0 Å². The van der Waals surface area contributed by atoms with E-state index in [2.05, 4.69) is 21.2 Å². The summed E-state index contributed by atoms with van der Waals surface area (Å²) in [7, 11) is 0. The van der Waals surface area contributed by atoms with Crippen LogP contribution in [0.25, 0.3) is 0 Å². The molecule has 1 N–H and O–H groups in total. The third-order valence-corrected chi connectivity index (χ3v) is 4.23. The number of nitrogens with one attached hydrogen (secondary N) is 1. The molecule has 0 unspecified atom stereocenters. The van der Waals surface area contributed by atoms with Crippen molar-refractivity contribution in [2.45, 2.75) is 13.8 Å². The van der Waals surface area contributed by atoms with Crippen molar-refractivity contribution in [3.8, 4) is 0 Å². The van der Waals surface area contributed by atoms with Crippen molar-refractivity contribution >= 4 is 39.1 Å². The summed E-state index contributed by atoms with van der Waals surface area (Å²) in [6.07, 6.45) is 0. The molecule has 2 aromatic rings. The second kappa shape index (κ2) is 7.53. The maximum Gasteiger partial charge on any atom is 0.244 e. The van der Waals surface area contributed by atoms with Crippen LogP contribution in [-0.4, -0.2) is 18.4 Å². The minimum absolute atomic E-state index is 0.114. The van der Waals surface area contributed by atoms with Gasteiger partial charge in [-0.25, -0.2) is 8.78 Å². The number of nitrogens with zero attached hydrogens (tertiary/aromatic N) is 1. The Labute approximate surface area is 146 Å². The van der Waals surface area contributed by atoms with Gasteiger partial charge in [-0.2, -0.15) is 0 Å². The minimum Gasteiger partial charge on any atom is -0.325 e. The predicted molar refractivity (Wildman–Crippen MR) is 91.9 cm³/mol. The van der Waals surface area contributed by atoms with Crippen LogP contribution in [0.4, 0.5) is 20.2 Å². The fourth-order valence-electron chi connectivity index (χ4n) is 2.10. The monoisotopic (exact) mass is 396 g/mol. The first kappa shape index (κ1) is 18.1. The Balaban J connectivity index is 2.15. The number of anilines is 2. The Morgan fingerprint density at radius 1 is 1.12 bits per heavy atom. The molecule has 24 heavy (non-hydrogen) atoms. The van der Waals surface area contributed by atoms with E-state index in [0.29, 0.717) is 5.69 Å². The summed E-state index contributed by atoms with van der Waals surface area (Å²) >= 11 is 3.37. The Kier molecular flexibility index (Phi) is 5.66. The molecular formula is C17H15BrF2N2O2. The van der Waals surface area contributed by atoms with E-state index >= 15 is 0 Å². The molecule has 0 heterocycles. The molecule has 0 bridgehead atoms. The molecule has 0 saturated carbocycles. The van der Waals surface area contributed by atoms with Crippen molar-refractivity contribution in [3.63, 3.8) is 0 Å². The summed E-state index contributed by atoms with van der Waals surface area (Å²) in [5, 5.41) is 2.67. The molecule has 2 aromatic carbocycles. The Hall–Kier alpha value is -2.28. The van der Waals surface area contributed by atoms with Gasteiger partial charge in [0.1, 0.15) is 6.54 Å². The standard InChI is InChI=1S/C17H15BrF2N2O2/c1-10-7-12(3-5-14(10)18)21-17(24)9-22(11(2)23)13-4-6-15(19)16(20)8-13/h3-8H,9H2,1-2H3,(H,21,24). The van der Waals surface area contributed by atoms with E-state index in [0.717, 1.165) is 27.1 Å². The normalized spacial score (nSPS) is 10.4. The number of carbonyl (C=O) groups is 2. The van der Waals surface area contributed by atoms with Gasteiger partial charge < -0.3 is 10.2 Å². The molecule has 0 radical (unpaired) electrons. The predicted octanol–water partition coefficient (Wildman–Crippen LogP) is 4.03. The number of hydrogen-bond acceptors (Lipinski definition) is 2. The van der Waals surface area contributed by atoms with Gasteiger partial charge in [0.15, 0.2) is 11.6 Å². The third-order valence-electron chi connectivity index (χ3n) is 3.34. The van der Waals surface area contributed by atoms with Crippen molar-refractivity contribution in [3.05, 3.63) is 58.1 Å². The van der Waals surface area contributed by atoms with Crippen LogP contribution in [-0.2, 0) is 9.59 Å². The van der Waals surface area contributed by atoms with E-state index in [1.807, 2.05) is 6.92 Å². The molecule has 0 saturated heterocycles. The highest BCUT2D eigenvalue weighted by atomic mass is 79.9. The molecule has 0 aliphatic rings. The summed E-state index contributed by atoms with van der Waals surface area (Å²) in [5.74, 6) is -3.00. The lowest BCUT2D eigenvalue weighted by Crippen LogP contribution is -2.36. The Morgan fingerprint density at radius 3 is 2.42 bits per heavy atom. The SMILES string of the molecule is CC(=O)N(CC(=O)Nc1ccc(Br)c(C)c1)c1ccc(F)c(F)c1. The fraction of sp³-hybridized carbons (Fsp3) is 0.176. The average Bonchev–Trinajstić information content (AvgIpc) is 2.51. The molecule has 2 amide bonds. The van der Waals surface area contributed by atoms with Gasteiger partial charge in [0.2, 0.25) is 11.8 Å². The second-order valence-electron chi connectivity index (χ2n) is 5.22. The van der Waals surface area contributed by atoms with Gasteiger partial charge in [-0.3, -0.25) is 9.59 Å². The minimum atomic E-state index is -1.08. The average molecular weight is 397 g/mol. The van der Waals surface area contributed by atoms with Crippen molar-refractivity contribution in [1.82, 2.24) is 0 Å². The first-order valence-corrected chi connectivity index (χ1v) is 7.86. The van der Waals surface area contributed by atoms with Gasteiger partial charge in [-0.15, -0.1) is 0 Å². The topological polar surface area (TPSA) is 49.4 Å². The molecule has 0 aliphatic heterocycles. The first-order valence-electron chi connectivity index (χ1n) is 7.07. The zero-order valence-electron chi connectivity index (χ0n) is 13.1. The van der Waals surface area contributed by atoms with Gasteiger partial charge in [-0.1, -0.05) is 15.9 Å². The highest BCUT2D eigenvalue weighted by Crippen LogP contribution is 2.21. The van der Waals surface area contributed by atoms with Gasteiger partial charge in [0.25, 0.3) is 0 Å². The van der Waals surface area contributed by atoms with Gasteiger partial charge >= 0.3 is 0 Å². The van der Waals surface area contributed by atoms with Crippen molar-refractivity contribution in [2.75, 3.05) is 16.8 Å². The van der Waals surface area contributed by atoms with Crippen molar-refractivity contribution in [1.29, 1.82) is 0 Å². The molecule has 2 rings (SSSR count). The van der Waals surface area contributed by atoms with Crippen LogP contribution < -0.4 is 10.2 Å². The molecule has 0 fully saturated rings. The summed E-state index contributed by atoms with van der Waals surface area (Å²) in [5.41, 5.74) is 1.63. The lowest BCUT2D eigenvalue weighted by molar-refractivity contribution is -0.120. The lowest BCUT2D eigenvalue weighted by Gasteiger charge is -2.21. The summed E-state index contributed by atoms with van der Waals surface area (Å²) in [4.78, 5) is 25.0. The van der Waals surface area contributed by atoms with Crippen LogP contribution in [0.3, 0.4) is 0 Å². The smallest absolute Gasteiger partial charge is 0.244 e. The molecule has 0 atom stereocenters. The number of aryl methyl sites for hydroxylation is 1. The molecule has 4 nitrogen and oxygen atoms in total. The number of rotatable bonds is 4. The summed E-state index contributed by atoms with van der Waals surface area (Å²) in [6, 6.07) is 8.33. The van der Waals surface area contributed by atoms with Crippen LogP contribution in [0.1, 0.15) is 12.5 Å². The number of hydrogen-bond donors (Lipinski definition) is 1. The van der Waals surface area contributed by atoms with Gasteiger partial charge in [0.05, 0.1) is 0 Å². The summed E-state index contributed by atoms with van der Waals surface area (Å²) < 4.78 is 27.3. The van der Waals surface area contributed by atoms with Gasteiger partial charge in [0, 0.05) is 28.8 Å². The molecule has 0 aliphatic carbocycles. The fourth-order valence-corrected chi connectivity index (χ4v) is 2.35. The van der Waals surface area contributed by atoms with Crippen LogP contribution >= 0.6 is 15.9 Å². The Bertz CT molecular complexity index is 796. The van der Waals surface area contributed by atoms with E-state index < -0.39 is 23.4 Å². The van der Waals surface area contributed by atoms with Gasteiger partial charge in [-0.05, 0) is 42.8 Å². The van der Waals surface area contributed by atoms with Crippen LogP contribution in [0.15, 0.2) is 40.9 Å². The molecule has 0 aromatic heterocycles. The Morgan fingerprint density at radius 2 is 1.83 bits per heavy atom. The van der Waals surface area contributed by atoms with Crippen molar-refractivity contribution < 1.29 is 18.4 Å². The van der Waals surface area contributed by atoms with E-state index in [1.54, 1.807) is 18.2 Å². The lowest BCUT2D eigenvalue weighted by atomic mass is 10.2. The number of halogens is 3. The zero-order chi connectivity index (χ0) is 17.9. The highest BCUT2D eigenvalue weighted by Gasteiger charge is 2.17. The highest BCUT2D eigenvalue weighted by molar-refractivity contribution is 9.10. The number of carbonyl (C=O) groups excluding carboxylic acids is 2. The van der Waals surface area contributed by atoms with E-state index in [9.17, 15) is 18.4 Å². The van der Waals surface area contributed by atoms with Crippen molar-refractivity contribution in [2.24, 2.45) is 0 Å². The second-order valence-corrected chi connectivity index (χ2v) is 6.07. The number of amides is 2. The molecule has 0 spiro atoms. The zero-order valence-corrected chi connectivity index (χ0v) is 14.7. The van der Waals surface area contributed by atoms with Crippen LogP contribution in [0, 0.1) is 18.6 Å². The first-order chi connectivity index (χ1) is 11.3. The van der Waals surface area contributed by atoms with E-state index in [1.165, 1.54) is 13.0 Å². The quantitative estimate of drug-likeness (QED) is 0.847. The molecular weight excluding hydrogens is 382 g/mol. The molecule has 126 valence electrons. The largest absolute Gasteiger partial charge is 0.325 e. The maximum absolute atomic E-state index is 13.4. The summed E-state index contributed by atoms with van der Waals surface area (Å²) in [6.45, 7) is 2.82. The van der Waals surface area contributed by atoms with Crippen LogP contribution in [0.5, 0.6) is 0 Å². The molecule has 7 heteroatoms. The van der Waals surface area contributed by atoms with E-state index in [-0.39, 0.29) is 12.2 Å². The third kappa shape index (κ3) is 4.38. The van der Waals surface area contributed by atoms with Crippen LogP contribution in [0.2, 0.25) is 0 Å². The number of benzene rings is 2.